The lowest BCUT2D eigenvalue weighted by Gasteiger charge is -2.42. The molecule has 2 aliphatic heterocycles. The summed E-state index contributed by atoms with van der Waals surface area (Å²) in [7, 11) is 0. The SMILES string of the molecule is CC1(C)C(=O)NC(=O)CN1C(=O)C1CNC(=O)CN1. The Morgan fingerprint density at radius 2 is 1.95 bits per heavy atom. The van der Waals surface area contributed by atoms with Crippen LogP contribution in [0.1, 0.15) is 13.8 Å². The topological polar surface area (TPSA) is 108 Å². The Kier molecular flexibility index (Phi) is 3.27. The van der Waals surface area contributed by atoms with E-state index in [-0.39, 0.29) is 31.4 Å². The molecule has 0 bridgehead atoms. The Balaban J connectivity index is 2.14. The van der Waals surface area contributed by atoms with Crippen LogP contribution in [-0.2, 0) is 19.2 Å². The number of carbonyl (C=O) groups is 4. The van der Waals surface area contributed by atoms with Gasteiger partial charge in [-0.1, -0.05) is 0 Å². The van der Waals surface area contributed by atoms with E-state index >= 15 is 0 Å². The standard InChI is InChI=1S/C11H16N4O4/c1-11(2)10(19)14-8(17)5-15(11)9(18)6-3-13-7(16)4-12-6/h6,12H,3-5H2,1-2H3,(H,13,16)(H,14,17,19). The maximum atomic E-state index is 12.3. The lowest BCUT2D eigenvalue weighted by atomic mass is 9.97. The first kappa shape index (κ1) is 13.5. The second-order valence-corrected chi connectivity index (χ2v) is 5.10. The predicted molar refractivity (Wildman–Crippen MR) is 63.7 cm³/mol. The monoisotopic (exact) mass is 268 g/mol. The summed E-state index contributed by atoms with van der Waals surface area (Å²) in [5, 5.41) is 7.56. The van der Waals surface area contributed by atoms with Gasteiger partial charge in [0.2, 0.25) is 17.7 Å². The van der Waals surface area contributed by atoms with Gasteiger partial charge in [-0.3, -0.25) is 29.8 Å². The van der Waals surface area contributed by atoms with Crippen LogP contribution in [0.25, 0.3) is 0 Å². The summed E-state index contributed by atoms with van der Waals surface area (Å²) in [6.07, 6.45) is 0. The highest BCUT2D eigenvalue weighted by Crippen LogP contribution is 2.19. The molecular formula is C11H16N4O4. The second kappa shape index (κ2) is 4.61. The average molecular weight is 268 g/mol. The Morgan fingerprint density at radius 1 is 1.26 bits per heavy atom. The number of nitrogens with zero attached hydrogens (tertiary/aromatic N) is 1. The first-order chi connectivity index (χ1) is 8.82. The lowest BCUT2D eigenvalue weighted by Crippen LogP contribution is -2.69. The Labute approximate surface area is 109 Å². The van der Waals surface area contributed by atoms with Crippen molar-refractivity contribution >= 4 is 23.6 Å². The molecule has 0 aromatic heterocycles. The van der Waals surface area contributed by atoms with E-state index in [1.165, 1.54) is 4.90 Å². The van der Waals surface area contributed by atoms with Crippen LogP contribution in [0.15, 0.2) is 0 Å². The molecule has 8 heteroatoms. The summed E-state index contributed by atoms with van der Waals surface area (Å²) in [6, 6.07) is -0.615. The third-order valence-corrected chi connectivity index (χ3v) is 3.36. The number of nitrogens with one attached hydrogen (secondary N) is 3. The summed E-state index contributed by atoms with van der Waals surface area (Å²) in [5.74, 6) is -1.56. The van der Waals surface area contributed by atoms with Crippen molar-refractivity contribution in [2.75, 3.05) is 19.6 Å². The highest BCUT2D eigenvalue weighted by Gasteiger charge is 2.45. The van der Waals surface area contributed by atoms with Crippen molar-refractivity contribution in [3.63, 3.8) is 0 Å². The van der Waals surface area contributed by atoms with Gasteiger partial charge >= 0.3 is 0 Å². The van der Waals surface area contributed by atoms with Crippen molar-refractivity contribution in [1.29, 1.82) is 0 Å². The molecule has 2 aliphatic rings. The average Bonchev–Trinajstić information content (AvgIpc) is 2.34. The predicted octanol–water partition coefficient (Wildman–Crippen LogP) is -2.66. The molecule has 0 saturated carbocycles. The van der Waals surface area contributed by atoms with Crippen LogP contribution in [0.5, 0.6) is 0 Å². The molecule has 0 aromatic rings. The second-order valence-electron chi connectivity index (χ2n) is 5.10. The molecule has 2 fully saturated rings. The quantitative estimate of drug-likeness (QED) is 0.450. The van der Waals surface area contributed by atoms with Gasteiger partial charge in [0.05, 0.1) is 6.54 Å². The number of rotatable bonds is 1. The minimum atomic E-state index is -1.09. The van der Waals surface area contributed by atoms with E-state index in [1.807, 2.05) is 0 Å². The van der Waals surface area contributed by atoms with Gasteiger partial charge < -0.3 is 10.2 Å². The fraction of sp³-hybridized carbons (Fsp3) is 0.636. The molecule has 19 heavy (non-hydrogen) atoms. The van der Waals surface area contributed by atoms with Crippen LogP contribution < -0.4 is 16.0 Å². The molecule has 0 spiro atoms. The largest absolute Gasteiger partial charge is 0.353 e. The van der Waals surface area contributed by atoms with Crippen molar-refractivity contribution in [3.8, 4) is 0 Å². The summed E-state index contributed by atoms with van der Waals surface area (Å²) in [5.41, 5.74) is -1.09. The minimum absolute atomic E-state index is 0.0464. The third-order valence-electron chi connectivity index (χ3n) is 3.36. The zero-order chi connectivity index (χ0) is 14.2. The van der Waals surface area contributed by atoms with Gasteiger partial charge in [-0.25, -0.2) is 0 Å². The van der Waals surface area contributed by atoms with Crippen molar-refractivity contribution in [1.82, 2.24) is 20.9 Å². The molecule has 2 saturated heterocycles. The Hall–Kier alpha value is -1.96. The van der Waals surface area contributed by atoms with Gasteiger partial charge in [-0.15, -0.1) is 0 Å². The number of piperazine rings is 2. The van der Waals surface area contributed by atoms with Gasteiger partial charge in [0, 0.05) is 6.54 Å². The molecular weight excluding hydrogens is 252 g/mol. The van der Waals surface area contributed by atoms with E-state index in [9.17, 15) is 19.2 Å². The number of carbonyl (C=O) groups excluding carboxylic acids is 4. The maximum absolute atomic E-state index is 12.3. The molecule has 1 unspecified atom stereocenters. The van der Waals surface area contributed by atoms with Crippen molar-refractivity contribution in [2.45, 2.75) is 25.4 Å². The van der Waals surface area contributed by atoms with E-state index in [0.717, 1.165) is 0 Å². The molecule has 0 radical (unpaired) electrons. The number of imide groups is 1. The summed E-state index contributed by atoms with van der Waals surface area (Å²) < 4.78 is 0. The first-order valence-corrected chi connectivity index (χ1v) is 5.98. The zero-order valence-corrected chi connectivity index (χ0v) is 10.8. The highest BCUT2D eigenvalue weighted by molar-refractivity contribution is 6.06. The number of hydrogen-bond donors (Lipinski definition) is 3. The van der Waals surface area contributed by atoms with E-state index < -0.39 is 23.4 Å². The van der Waals surface area contributed by atoms with E-state index in [0.29, 0.717) is 0 Å². The van der Waals surface area contributed by atoms with Crippen molar-refractivity contribution < 1.29 is 19.2 Å². The summed E-state index contributed by atoms with van der Waals surface area (Å²) in [6.45, 7) is 3.19. The van der Waals surface area contributed by atoms with E-state index in [1.54, 1.807) is 13.8 Å². The van der Waals surface area contributed by atoms with Crippen LogP contribution in [-0.4, -0.2) is 59.7 Å². The minimum Gasteiger partial charge on any atom is -0.353 e. The van der Waals surface area contributed by atoms with Gasteiger partial charge in [0.1, 0.15) is 18.1 Å². The number of amides is 4. The van der Waals surface area contributed by atoms with E-state index in [2.05, 4.69) is 16.0 Å². The zero-order valence-electron chi connectivity index (χ0n) is 10.8. The highest BCUT2D eigenvalue weighted by atomic mass is 16.2. The molecule has 3 N–H and O–H groups in total. The molecule has 0 aromatic carbocycles. The Morgan fingerprint density at radius 3 is 2.53 bits per heavy atom. The summed E-state index contributed by atoms with van der Waals surface area (Å²) >= 11 is 0. The summed E-state index contributed by atoms with van der Waals surface area (Å²) in [4.78, 5) is 47.8. The first-order valence-electron chi connectivity index (χ1n) is 5.98. The Bertz CT molecular complexity index is 450. The molecule has 0 aliphatic carbocycles. The van der Waals surface area contributed by atoms with Gasteiger partial charge in [-0.2, -0.15) is 0 Å². The van der Waals surface area contributed by atoms with E-state index in [4.69, 9.17) is 0 Å². The molecule has 2 rings (SSSR count). The fourth-order valence-electron chi connectivity index (χ4n) is 2.07. The third kappa shape index (κ3) is 2.43. The van der Waals surface area contributed by atoms with Gasteiger partial charge in [0.25, 0.3) is 5.91 Å². The van der Waals surface area contributed by atoms with Crippen LogP contribution in [0, 0.1) is 0 Å². The van der Waals surface area contributed by atoms with Crippen molar-refractivity contribution in [3.05, 3.63) is 0 Å². The molecule has 1 atom stereocenters. The van der Waals surface area contributed by atoms with Crippen LogP contribution in [0.4, 0.5) is 0 Å². The van der Waals surface area contributed by atoms with Gasteiger partial charge in [-0.05, 0) is 13.8 Å². The van der Waals surface area contributed by atoms with Crippen molar-refractivity contribution in [2.24, 2.45) is 0 Å². The lowest BCUT2D eigenvalue weighted by molar-refractivity contribution is -0.157. The normalized spacial score (nSPS) is 26.7. The molecule has 4 amide bonds. The maximum Gasteiger partial charge on any atom is 0.252 e. The smallest absolute Gasteiger partial charge is 0.252 e. The molecule has 8 nitrogen and oxygen atoms in total. The van der Waals surface area contributed by atoms with Crippen LogP contribution >= 0.6 is 0 Å². The van der Waals surface area contributed by atoms with Crippen LogP contribution in [0.3, 0.4) is 0 Å². The fourth-order valence-corrected chi connectivity index (χ4v) is 2.07. The van der Waals surface area contributed by atoms with Gasteiger partial charge in [0.15, 0.2) is 0 Å². The number of hydrogen-bond acceptors (Lipinski definition) is 5. The molecule has 104 valence electrons. The molecule has 2 heterocycles. The van der Waals surface area contributed by atoms with Crippen LogP contribution in [0.2, 0.25) is 0 Å².